The van der Waals surface area contributed by atoms with Crippen LogP contribution in [0.1, 0.15) is 44.1 Å². The molecule has 1 aliphatic heterocycles. The van der Waals surface area contributed by atoms with E-state index in [-0.39, 0.29) is 5.41 Å². The molecule has 4 heteroatoms. The maximum atomic E-state index is 8.74. The molecule has 0 aromatic carbocycles. The smallest absolute Gasteiger partial charge is 0.0725 e. The lowest BCUT2D eigenvalue weighted by Crippen LogP contribution is -2.28. The molecule has 98 valence electrons. The molecule has 0 bridgehead atoms. The van der Waals surface area contributed by atoms with Gasteiger partial charge in [0.2, 0.25) is 0 Å². The van der Waals surface area contributed by atoms with Crippen LogP contribution in [0.25, 0.3) is 0 Å². The summed E-state index contributed by atoms with van der Waals surface area (Å²) in [7, 11) is 2.15. The van der Waals surface area contributed by atoms with Gasteiger partial charge in [-0.2, -0.15) is 10.4 Å². The van der Waals surface area contributed by atoms with Gasteiger partial charge in [0.05, 0.1) is 24.7 Å². The van der Waals surface area contributed by atoms with Crippen molar-refractivity contribution in [2.24, 2.45) is 0 Å². The Hall–Kier alpha value is -1.34. The summed E-state index contributed by atoms with van der Waals surface area (Å²) in [6.45, 7) is 9.40. The molecule has 0 saturated heterocycles. The molecule has 1 aliphatic rings. The van der Waals surface area contributed by atoms with Crippen LogP contribution >= 0.6 is 0 Å². The number of aromatic nitrogens is 2. The van der Waals surface area contributed by atoms with E-state index in [1.54, 1.807) is 0 Å². The van der Waals surface area contributed by atoms with Gasteiger partial charge < -0.3 is 4.90 Å². The van der Waals surface area contributed by atoms with Crippen LogP contribution in [-0.2, 0) is 24.9 Å². The van der Waals surface area contributed by atoms with E-state index in [2.05, 4.69) is 43.5 Å². The summed E-state index contributed by atoms with van der Waals surface area (Å²) in [6.07, 6.45) is 1.58. The molecular formula is C14H22N4. The molecule has 2 heterocycles. The van der Waals surface area contributed by atoms with Crippen molar-refractivity contribution in [1.82, 2.24) is 14.7 Å². The molecule has 0 saturated carbocycles. The predicted octanol–water partition coefficient (Wildman–Crippen LogP) is 2.08. The highest BCUT2D eigenvalue weighted by Crippen LogP contribution is 2.30. The first-order chi connectivity index (χ1) is 8.43. The van der Waals surface area contributed by atoms with Gasteiger partial charge in [-0.25, -0.2) is 0 Å². The van der Waals surface area contributed by atoms with Gasteiger partial charge in [-0.05, 0) is 7.05 Å². The van der Waals surface area contributed by atoms with E-state index in [0.29, 0.717) is 6.42 Å². The van der Waals surface area contributed by atoms with E-state index < -0.39 is 0 Å². The molecule has 0 spiro atoms. The van der Waals surface area contributed by atoms with Crippen LogP contribution in [0.3, 0.4) is 0 Å². The van der Waals surface area contributed by atoms with Gasteiger partial charge in [-0.3, -0.25) is 4.68 Å². The molecule has 0 amide bonds. The van der Waals surface area contributed by atoms with Crippen molar-refractivity contribution in [2.75, 3.05) is 13.6 Å². The second kappa shape index (κ2) is 4.74. The summed E-state index contributed by atoms with van der Waals surface area (Å²) in [5, 5.41) is 13.5. The number of likely N-dealkylation sites (N-methyl/N-ethyl adjacent to an activating group) is 1. The summed E-state index contributed by atoms with van der Waals surface area (Å²) in [5.41, 5.74) is 3.99. The minimum atomic E-state index is 0.0696. The number of aryl methyl sites for hydroxylation is 1. The van der Waals surface area contributed by atoms with Gasteiger partial charge in [-0.1, -0.05) is 20.8 Å². The number of nitriles is 1. The van der Waals surface area contributed by atoms with E-state index in [1.807, 2.05) is 0 Å². The molecule has 0 unspecified atom stereocenters. The fourth-order valence-corrected chi connectivity index (χ4v) is 2.57. The average Bonchev–Trinajstić information content (AvgIpc) is 2.64. The van der Waals surface area contributed by atoms with Crippen molar-refractivity contribution >= 4 is 0 Å². The van der Waals surface area contributed by atoms with E-state index >= 15 is 0 Å². The Bertz CT molecular complexity index is 473. The number of nitrogens with zero attached hydrogens (tertiary/aromatic N) is 4. The summed E-state index contributed by atoms with van der Waals surface area (Å²) < 4.78 is 2.06. The van der Waals surface area contributed by atoms with Gasteiger partial charge in [0.25, 0.3) is 0 Å². The fraction of sp³-hybridized carbons (Fsp3) is 0.714. The Morgan fingerprint density at radius 1 is 1.39 bits per heavy atom. The normalized spacial score (nSPS) is 16.4. The Balaban J connectivity index is 2.43. The first-order valence-corrected chi connectivity index (χ1v) is 6.58. The standard InChI is InChI=1S/C14H22N4/c1-14(2,3)13-11-10-17(4)9-6-12(11)18(16-13)8-5-7-15/h5-6,8-10H2,1-4H3. The summed E-state index contributed by atoms with van der Waals surface area (Å²) in [4.78, 5) is 2.34. The summed E-state index contributed by atoms with van der Waals surface area (Å²) in [6, 6.07) is 2.21. The zero-order valence-corrected chi connectivity index (χ0v) is 11.8. The maximum Gasteiger partial charge on any atom is 0.0725 e. The lowest BCUT2D eigenvalue weighted by molar-refractivity contribution is 0.305. The third-order valence-electron chi connectivity index (χ3n) is 3.47. The Morgan fingerprint density at radius 2 is 2.11 bits per heavy atom. The van der Waals surface area contributed by atoms with Crippen molar-refractivity contribution < 1.29 is 0 Å². The van der Waals surface area contributed by atoms with E-state index in [9.17, 15) is 0 Å². The number of hydrogen-bond donors (Lipinski definition) is 0. The zero-order valence-electron chi connectivity index (χ0n) is 11.8. The monoisotopic (exact) mass is 246 g/mol. The Kier molecular flexibility index (Phi) is 3.45. The van der Waals surface area contributed by atoms with Crippen molar-refractivity contribution in [3.63, 3.8) is 0 Å². The number of hydrogen-bond acceptors (Lipinski definition) is 3. The molecule has 0 fully saturated rings. The Morgan fingerprint density at radius 3 is 2.72 bits per heavy atom. The lowest BCUT2D eigenvalue weighted by atomic mass is 9.87. The topological polar surface area (TPSA) is 44.9 Å². The first kappa shape index (κ1) is 13.1. The van der Waals surface area contributed by atoms with Gasteiger partial charge in [0, 0.05) is 36.2 Å². The fourth-order valence-electron chi connectivity index (χ4n) is 2.57. The van der Waals surface area contributed by atoms with Gasteiger partial charge in [0.1, 0.15) is 0 Å². The highest BCUT2D eigenvalue weighted by molar-refractivity contribution is 5.33. The SMILES string of the molecule is CN1CCc2c(c(C(C)(C)C)nn2CCC#N)C1. The van der Waals surface area contributed by atoms with Crippen molar-refractivity contribution in [1.29, 1.82) is 5.26 Å². The molecule has 4 nitrogen and oxygen atoms in total. The molecule has 1 aromatic heterocycles. The minimum absolute atomic E-state index is 0.0696. The molecule has 0 aliphatic carbocycles. The highest BCUT2D eigenvalue weighted by atomic mass is 15.3. The van der Waals surface area contributed by atoms with Crippen LogP contribution in [0, 0.1) is 11.3 Å². The van der Waals surface area contributed by atoms with E-state index in [1.165, 1.54) is 17.0 Å². The largest absolute Gasteiger partial charge is 0.302 e. The summed E-state index contributed by atoms with van der Waals surface area (Å²) >= 11 is 0. The molecule has 18 heavy (non-hydrogen) atoms. The molecule has 1 aromatic rings. The molecule has 0 atom stereocenters. The van der Waals surface area contributed by atoms with Crippen LogP contribution in [0.4, 0.5) is 0 Å². The molecule has 2 rings (SSSR count). The van der Waals surface area contributed by atoms with Crippen molar-refractivity contribution in [3.05, 3.63) is 17.0 Å². The van der Waals surface area contributed by atoms with Crippen LogP contribution < -0.4 is 0 Å². The van der Waals surface area contributed by atoms with Crippen LogP contribution in [0.5, 0.6) is 0 Å². The third-order valence-corrected chi connectivity index (χ3v) is 3.47. The highest BCUT2D eigenvalue weighted by Gasteiger charge is 2.29. The van der Waals surface area contributed by atoms with Crippen LogP contribution in [-0.4, -0.2) is 28.3 Å². The van der Waals surface area contributed by atoms with Crippen molar-refractivity contribution in [3.8, 4) is 6.07 Å². The zero-order chi connectivity index (χ0) is 13.3. The summed E-state index contributed by atoms with van der Waals surface area (Å²) in [5.74, 6) is 0. The molecule has 0 radical (unpaired) electrons. The quantitative estimate of drug-likeness (QED) is 0.802. The van der Waals surface area contributed by atoms with E-state index in [4.69, 9.17) is 10.4 Å². The number of fused-ring (bicyclic) bond motifs is 1. The van der Waals surface area contributed by atoms with Gasteiger partial charge >= 0.3 is 0 Å². The second-order valence-corrected chi connectivity index (χ2v) is 6.14. The van der Waals surface area contributed by atoms with Crippen LogP contribution in [0.2, 0.25) is 0 Å². The van der Waals surface area contributed by atoms with Gasteiger partial charge in [-0.15, -0.1) is 0 Å². The van der Waals surface area contributed by atoms with Crippen LogP contribution in [0.15, 0.2) is 0 Å². The Labute approximate surface area is 109 Å². The lowest BCUT2D eigenvalue weighted by Gasteiger charge is -2.26. The third kappa shape index (κ3) is 2.41. The maximum absolute atomic E-state index is 8.74. The minimum Gasteiger partial charge on any atom is -0.302 e. The molecular weight excluding hydrogens is 224 g/mol. The van der Waals surface area contributed by atoms with Gasteiger partial charge in [0.15, 0.2) is 0 Å². The predicted molar refractivity (Wildman–Crippen MR) is 71.2 cm³/mol. The first-order valence-electron chi connectivity index (χ1n) is 6.58. The second-order valence-electron chi connectivity index (χ2n) is 6.14. The number of rotatable bonds is 2. The molecule has 0 N–H and O–H groups in total. The van der Waals surface area contributed by atoms with E-state index in [0.717, 1.165) is 26.1 Å². The average molecular weight is 246 g/mol. The van der Waals surface area contributed by atoms with Crippen molar-refractivity contribution in [2.45, 2.75) is 52.1 Å².